The van der Waals surface area contributed by atoms with Crippen LogP contribution in [0, 0.1) is 0 Å². The number of para-hydroxylation sites is 1. The van der Waals surface area contributed by atoms with Crippen LogP contribution in [0.2, 0.25) is 0 Å². The van der Waals surface area contributed by atoms with E-state index in [0.29, 0.717) is 6.42 Å². The highest BCUT2D eigenvalue weighted by atomic mass is 16.4. The summed E-state index contributed by atoms with van der Waals surface area (Å²) in [6.45, 7) is 4.39. The quantitative estimate of drug-likeness (QED) is 0.785. The Balaban J connectivity index is 2.28. The molecule has 1 aliphatic heterocycles. The second-order valence-electron chi connectivity index (χ2n) is 3.96. The fourth-order valence-electron chi connectivity index (χ4n) is 2.18. The Kier molecular flexibility index (Phi) is 2.95. The van der Waals surface area contributed by atoms with Gasteiger partial charge in [0.15, 0.2) is 0 Å². The average molecular weight is 217 g/mol. The van der Waals surface area contributed by atoms with Gasteiger partial charge in [-0.25, -0.2) is 4.79 Å². The highest BCUT2D eigenvalue weighted by Gasteiger charge is 2.33. The second-order valence-corrected chi connectivity index (χ2v) is 3.96. The van der Waals surface area contributed by atoms with Crippen molar-refractivity contribution in [3.63, 3.8) is 0 Å². The number of fused-ring (bicyclic) bond motifs is 1. The average Bonchev–Trinajstić information content (AvgIpc) is 2.65. The Morgan fingerprint density at radius 2 is 2.31 bits per heavy atom. The highest BCUT2D eigenvalue weighted by molar-refractivity contribution is 5.82. The normalized spacial score (nSPS) is 18.2. The number of carboxylic acids is 1. The summed E-state index contributed by atoms with van der Waals surface area (Å²) in [5.41, 5.74) is 2.18. The van der Waals surface area contributed by atoms with E-state index in [2.05, 4.69) is 6.58 Å². The summed E-state index contributed by atoms with van der Waals surface area (Å²) in [6.07, 6.45) is 3.22. The molecular formula is C13H15NO2. The maximum absolute atomic E-state index is 11.2. The molecule has 0 fully saturated rings. The largest absolute Gasteiger partial charge is 0.480 e. The van der Waals surface area contributed by atoms with Gasteiger partial charge in [0.05, 0.1) is 0 Å². The Hall–Kier alpha value is -1.77. The van der Waals surface area contributed by atoms with E-state index >= 15 is 0 Å². The van der Waals surface area contributed by atoms with Crippen LogP contribution in [0.1, 0.15) is 12.0 Å². The lowest BCUT2D eigenvalue weighted by atomic mass is 10.1. The van der Waals surface area contributed by atoms with Crippen LogP contribution in [0.15, 0.2) is 36.9 Å². The van der Waals surface area contributed by atoms with Gasteiger partial charge >= 0.3 is 5.97 Å². The SMILES string of the molecule is C=CCCN1c2ccccc2CC1C(=O)O. The molecule has 1 N–H and O–H groups in total. The van der Waals surface area contributed by atoms with E-state index in [9.17, 15) is 9.90 Å². The number of carbonyl (C=O) groups is 1. The number of hydrogen-bond acceptors (Lipinski definition) is 2. The first kappa shape index (κ1) is 10.7. The lowest BCUT2D eigenvalue weighted by molar-refractivity contribution is -0.138. The van der Waals surface area contributed by atoms with Crippen LogP contribution in [0.25, 0.3) is 0 Å². The summed E-state index contributed by atoms with van der Waals surface area (Å²) in [5, 5.41) is 9.19. The molecule has 3 nitrogen and oxygen atoms in total. The number of benzene rings is 1. The van der Waals surface area contributed by atoms with Gasteiger partial charge < -0.3 is 10.0 Å². The Morgan fingerprint density at radius 1 is 1.56 bits per heavy atom. The molecular weight excluding hydrogens is 202 g/mol. The maximum atomic E-state index is 11.2. The van der Waals surface area contributed by atoms with Gasteiger partial charge in [-0.2, -0.15) is 0 Å². The topological polar surface area (TPSA) is 40.5 Å². The van der Waals surface area contributed by atoms with Crippen molar-refractivity contribution in [3.8, 4) is 0 Å². The monoisotopic (exact) mass is 217 g/mol. The Bertz CT molecular complexity index is 414. The molecule has 3 heteroatoms. The predicted octanol–water partition coefficient (Wildman–Crippen LogP) is 2.08. The molecule has 1 aromatic carbocycles. The molecule has 84 valence electrons. The summed E-state index contributed by atoms with van der Waals surface area (Å²) < 4.78 is 0. The van der Waals surface area contributed by atoms with Crippen molar-refractivity contribution in [3.05, 3.63) is 42.5 Å². The van der Waals surface area contributed by atoms with Gasteiger partial charge in [-0.1, -0.05) is 24.3 Å². The van der Waals surface area contributed by atoms with Gasteiger partial charge in [0.2, 0.25) is 0 Å². The van der Waals surface area contributed by atoms with Crippen LogP contribution in [-0.4, -0.2) is 23.7 Å². The zero-order chi connectivity index (χ0) is 11.5. The second kappa shape index (κ2) is 4.39. The third-order valence-electron chi connectivity index (χ3n) is 2.95. The van der Waals surface area contributed by atoms with E-state index in [0.717, 1.165) is 24.2 Å². The van der Waals surface area contributed by atoms with Crippen molar-refractivity contribution in [2.24, 2.45) is 0 Å². The van der Waals surface area contributed by atoms with Crippen LogP contribution in [0.5, 0.6) is 0 Å². The minimum atomic E-state index is -0.750. The van der Waals surface area contributed by atoms with Crippen molar-refractivity contribution >= 4 is 11.7 Å². The number of anilines is 1. The lowest BCUT2D eigenvalue weighted by Gasteiger charge is -2.23. The van der Waals surface area contributed by atoms with Crippen molar-refractivity contribution in [2.75, 3.05) is 11.4 Å². The van der Waals surface area contributed by atoms with E-state index in [1.807, 2.05) is 35.2 Å². The van der Waals surface area contributed by atoms with E-state index in [1.54, 1.807) is 0 Å². The number of carboxylic acid groups (broad SMARTS) is 1. The first-order valence-corrected chi connectivity index (χ1v) is 5.42. The molecule has 1 aliphatic rings. The zero-order valence-electron chi connectivity index (χ0n) is 9.10. The zero-order valence-corrected chi connectivity index (χ0v) is 9.10. The van der Waals surface area contributed by atoms with Crippen molar-refractivity contribution < 1.29 is 9.90 Å². The van der Waals surface area contributed by atoms with Crippen LogP contribution in [-0.2, 0) is 11.2 Å². The fraction of sp³-hybridized carbons (Fsp3) is 0.308. The highest BCUT2D eigenvalue weighted by Crippen LogP contribution is 2.32. The first-order valence-electron chi connectivity index (χ1n) is 5.42. The lowest BCUT2D eigenvalue weighted by Crippen LogP contribution is -2.39. The fourth-order valence-corrected chi connectivity index (χ4v) is 2.18. The standard InChI is InChI=1S/C13H15NO2/c1-2-3-8-14-11-7-5-4-6-10(11)9-12(14)13(15)16/h2,4-7,12H,1,3,8-9H2,(H,15,16). The molecule has 0 saturated carbocycles. The molecule has 1 aromatic rings. The van der Waals surface area contributed by atoms with Crippen molar-refractivity contribution in [1.29, 1.82) is 0 Å². The smallest absolute Gasteiger partial charge is 0.326 e. The van der Waals surface area contributed by atoms with Crippen LogP contribution < -0.4 is 4.90 Å². The molecule has 0 saturated heterocycles. The van der Waals surface area contributed by atoms with Gasteiger partial charge in [0.1, 0.15) is 6.04 Å². The van der Waals surface area contributed by atoms with Crippen LogP contribution in [0.3, 0.4) is 0 Å². The summed E-state index contributed by atoms with van der Waals surface area (Å²) >= 11 is 0. The third kappa shape index (κ3) is 1.81. The molecule has 0 aromatic heterocycles. The number of aliphatic carboxylic acids is 1. The molecule has 0 bridgehead atoms. The van der Waals surface area contributed by atoms with Crippen LogP contribution in [0.4, 0.5) is 5.69 Å². The molecule has 2 rings (SSSR count). The summed E-state index contributed by atoms with van der Waals surface area (Å²) in [6, 6.07) is 7.47. The van der Waals surface area contributed by atoms with Crippen molar-refractivity contribution in [2.45, 2.75) is 18.9 Å². The summed E-state index contributed by atoms with van der Waals surface area (Å²) in [4.78, 5) is 13.1. The Morgan fingerprint density at radius 3 is 3.00 bits per heavy atom. The van der Waals surface area contributed by atoms with Gasteiger partial charge in [-0.05, 0) is 18.1 Å². The molecule has 1 heterocycles. The molecule has 0 radical (unpaired) electrons. The molecule has 0 aliphatic carbocycles. The van der Waals surface area contributed by atoms with E-state index in [-0.39, 0.29) is 0 Å². The summed E-state index contributed by atoms with van der Waals surface area (Å²) in [7, 11) is 0. The molecule has 1 unspecified atom stereocenters. The molecule has 0 amide bonds. The molecule has 0 spiro atoms. The van der Waals surface area contributed by atoms with Gasteiger partial charge in [-0.3, -0.25) is 0 Å². The van der Waals surface area contributed by atoms with E-state index in [4.69, 9.17) is 0 Å². The maximum Gasteiger partial charge on any atom is 0.326 e. The molecule has 16 heavy (non-hydrogen) atoms. The minimum absolute atomic E-state index is 0.419. The van der Waals surface area contributed by atoms with Crippen LogP contribution >= 0.6 is 0 Å². The first-order chi connectivity index (χ1) is 7.74. The van der Waals surface area contributed by atoms with E-state index in [1.165, 1.54) is 0 Å². The Labute approximate surface area is 95.0 Å². The molecule has 1 atom stereocenters. The third-order valence-corrected chi connectivity index (χ3v) is 2.95. The number of nitrogens with zero attached hydrogens (tertiary/aromatic N) is 1. The predicted molar refractivity (Wildman–Crippen MR) is 63.7 cm³/mol. The van der Waals surface area contributed by atoms with Gasteiger partial charge in [0.25, 0.3) is 0 Å². The van der Waals surface area contributed by atoms with Gasteiger partial charge in [0, 0.05) is 18.7 Å². The van der Waals surface area contributed by atoms with Gasteiger partial charge in [-0.15, -0.1) is 6.58 Å². The minimum Gasteiger partial charge on any atom is -0.480 e. The van der Waals surface area contributed by atoms with Crippen molar-refractivity contribution in [1.82, 2.24) is 0 Å². The number of hydrogen-bond donors (Lipinski definition) is 1. The van der Waals surface area contributed by atoms with E-state index < -0.39 is 12.0 Å². The summed E-state index contributed by atoms with van der Waals surface area (Å²) in [5.74, 6) is -0.750. The number of rotatable bonds is 4.